The van der Waals surface area contributed by atoms with E-state index in [9.17, 15) is 18.0 Å². The molecular formula is C26H24ClF4N3O. The number of nitrogens with zero attached hydrogens (tertiary/aromatic N) is 1. The van der Waals surface area contributed by atoms with Gasteiger partial charge in [0.05, 0.1) is 16.3 Å². The molecule has 0 saturated heterocycles. The Bertz CT molecular complexity index is 1170. The van der Waals surface area contributed by atoms with Gasteiger partial charge in [-0.15, -0.1) is 0 Å². The van der Waals surface area contributed by atoms with E-state index in [0.29, 0.717) is 16.7 Å². The van der Waals surface area contributed by atoms with E-state index >= 15 is 4.39 Å². The quantitative estimate of drug-likeness (QED) is 0.370. The second-order valence-corrected chi connectivity index (χ2v) is 9.11. The van der Waals surface area contributed by atoms with Crippen LogP contribution in [0.25, 0.3) is 0 Å². The highest BCUT2D eigenvalue weighted by Crippen LogP contribution is 2.39. The lowest BCUT2D eigenvalue weighted by Crippen LogP contribution is -2.54. The zero-order valence-electron chi connectivity index (χ0n) is 18.7. The summed E-state index contributed by atoms with van der Waals surface area (Å²) in [5, 5.41) is 5.99. The fourth-order valence-electron chi connectivity index (χ4n) is 4.60. The van der Waals surface area contributed by atoms with Gasteiger partial charge < -0.3 is 10.6 Å². The molecule has 4 rings (SSSR count). The Balaban J connectivity index is 1.90. The fraction of sp³-hybridized carbons (Fsp3) is 0.308. The first-order valence-corrected chi connectivity index (χ1v) is 11.7. The van der Waals surface area contributed by atoms with Gasteiger partial charge in [-0.05, 0) is 36.6 Å². The maximum atomic E-state index is 15.6. The second kappa shape index (κ2) is 10.2. The van der Waals surface area contributed by atoms with Crippen LogP contribution in [0.15, 0.2) is 66.9 Å². The summed E-state index contributed by atoms with van der Waals surface area (Å²) in [5.41, 5.74) is -2.68. The molecule has 0 aliphatic heterocycles. The molecule has 2 aromatic carbocycles. The second-order valence-electron chi connectivity index (χ2n) is 8.67. The van der Waals surface area contributed by atoms with Crippen LogP contribution >= 0.6 is 11.6 Å². The third kappa shape index (κ3) is 5.59. The highest BCUT2D eigenvalue weighted by Gasteiger charge is 2.44. The molecule has 1 atom stereocenters. The van der Waals surface area contributed by atoms with Gasteiger partial charge in [-0.25, -0.2) is 9.18 Å². The van der Waals surface area contributed by atoms with Crippen molar-refractivity contribution in [3.63, 3.8) is 0 Å². The zero-order valence-corrected chi connectivity index (χ0v) is 19.5. The van der Waals surface area contributed by atoms with Crippen LogP contribution in [0, 0.1) is 5.82 Å². The number of benzene rings is 2. The lowest BCUT2D eigenvalue weighted by molar-refractivity contribution is -0.140. The Morgan fingerprint density at radius 2 is 1.66 bits per heavy atom. The molecule has 1 fully saturated rings. The van der Waals surface area contributed by atoms with E-state index in [0.717, 1.165) is 31.7 Å². The van der Waals surface area contributed by atoms with Crippen LogP contribution in [0.1, 0.15) is 48.1 Å². The van der Waals surface area contributed by atoms with Gasteiger partial charge in [-0.2, -0.15) is 13.2 Å². The summed E-state index contributed by atoms with van der Waals surface area (Å²) < 4.78 is 56.6. The van der Waals surface area contributed by atoms with Gasteiger partial charge in [-0.1, -0.05) is 66.9 Å². The summed E-state index contributed by atoms with van der Waals surface area (Å²) in [5.74, 6) is -1.46. The van der Waals surface area contributed by atoms with Crippen molar-refractivity contribution < 1.29 is 22.4 Å². The fourth-order valence-corrected chi connectivity index (χ4v) is 4.71. The molecule has 4 nitrogen and oxygen atoms in total. The first kappa shape index (κ1) is 25.0. The van der Waals surface area contributed by atoms with E-state index < -0.39 is 29.1 Å². The number of hydrogen-bond donors (Lipinski definition) is 2. The lowest BCUT2D eigenvalue weighted by Gasteiger charge is -2.36. The molecule has 9 heteroatoms. The molecule has 35 heavy (non-hydrogen) atoms. The average molecular weight is 506 g/mol. The topological polar surface area (TPSA) is 54.0 Å². The zero-order chi connectivity index (χ0) is 25.1. The van der Waals surface area contributed by atoms with Crippen LogP contribution in [0.4, 0.5) is 22.4 Å². The Morgan fingerprint density at radius 1 is 0.971 bits per heavy atom. The van der Waals surface area contributed by atoms with Gasteiger partial charge >= 0.3 is 12.2 Å². The molecule has 184 valence electrons. The molecule has 0 radical (unpaired) electrons. The predicted molar refractivity (Wildman–Crippen MR) is 125 cm³/mol. The highest BCUT2D eigenvalue weighted by molar-refractivity contribution is 6.30. The maximum absolute atomic E-state index is 15.6. The molecule has 0 spiro atoms. The molecule has 1 heterocycles. The Labute approximate surface area is 205 Å². The van der Waals surface area contributed by atoms with Crippen LogP contribution in [0.2, 0.25) is 5.02 Å². The predicted octanol–water partition coefficient (Wildman–Crippen LogP) is 6.62. The van der Waals surface area contributed by atoms with E-state index in [1.54, 1.807) is 30.3 Å². The lowest BCUT2D eigenvalue weighted by atomic mass is 9.79. The van der Waals surface area contributed by atoms with Crippen LogP contribution in [0.3, 0.4) is 0 Å². The SMILES string of the molecule is O=C(NC1CCCC1)N[C@](Cc1ccccc1)(c1ccc(Cl)cn1)c1cccc(C(F)(F)F)c1F. The van der Waals surface area contributed by atoms with Gasteiger partial charge in [0, 0.05) is 24.2 Å². The highest BCUT2D eigenvalue weighted by atomic mass is 35.5. The number of halogens is 5. The van der Waals surface area contributed by atoms with Gasteiger partial charge in [0.2, 0.25) is 0 Å². The molecule has 1 aromatic heterocycles. The summed E-state index contributed by atoms with van der Waals surface area (Å²) in [4.78, 5) is 17.5. The summed E-state index contributed by atoms with van der Waals surface area (Å²) >= 11 is 6.02. The molecule has 0 unspecified atom stereocenters. The van der Waals surface area contributed by atoms with Crippen LogP contribution < -0.4 is 10.6 Å². The first-order valence-electron chi connectivity index (χ1n) is 11.3. The number of hydrogen-bond acceptors (Lipinski definition) is 2. The number of aromatic nitrogens is 1. The summed E-state index contributed by atoms with van der Waals surface area (Å²) in [7, 11) is 0. The molecule has 1 aliphatic rings. The maximum Gasteiger partial charge on any atom is 0.419 e. The van der Waals surface area contributed by atoms with Crippen LogP contribution in [-0.4, -0.2) is 17.1 Å². The Morgan fingerprint density at radius 3 is 2.29 bits per heavy atom. The van der Waals surface area contributed by atoms with E-state index in [1.165, 1.54) is 24.4 Å². The number of nitrogens with one attached hydrogen (secondary N) is 2. The monoisotopic (exact) mass is 505 g/mol. The largest absolute Gasteiger partial charge is 0.419 e. The van der Waals surface area contributed by atoms with Crippen molar-refractivity contribution in [2.75, 3.05) is 0 Å². The van der Waals surface area contributed by atoms with E-state index in [1.807, 2.05) is 0 Å². The van der Waals surface area contributed by atoms with Gasteiger partial charge in [0.25, 0.3) is 0 Å². The van der Waals surface area contributed by atoms with Crippen LogP contribution in [0.5, 0.6) is 0 Å². The van der Waals surface area contributed by atoms with E-state index in [-0.39, 0.29) is 23.7 Å². The average Bonchev–Trinajstić information content (AvgIpc) is 3.32. The van der Waals surface area contributed by atoms with E-state index in [4.69, 9.17) is 11.6 Å². The normalized spacial score (nSPS) is 16.0. The standard InChI is InChI=1S/C26H24ClF4N3O/c27-18-13-14-22(32-16-18)25(15-17-7-2-1-3-8-17,34-24(35)33-19-9-4-5-10-19)20-11-6-12-21(23(20)28)26(29,30)31/h1-3,6-8,11-14,16,19H,4-5,9-10,15H2,(H2,33,34,35)/t25-/m0/s1. The van der Waals surface area contributed by atoms with Crippen LogP contribution in [-0.2, 0) is 18.1 Å². The van der Waals surface area contributed by atoms with Crippen molar-refractivity contribution in [3.8, 4) is 0 Å². The third-order valence-electron chi connectivity index (χ3n) is 6.26. The van der Waals surface area contributed by atoms with Gasteiger partial charge in [-0.3, -0.25) is 4.98 Å². The smallest absolute Gasteiger partial charge is 0.335 e. The first-order chi connectivity index (χ1) is 16.7. The molecule has 1 aliphatic carbocycles. The molecule has 1 saturated carbocycles. The number of rotatable bonds is 6. The summed E-state index contributed by atoms with van der Waals surface area (Å²) in [6.45, 7) is 0. The molecular weight excluding hydrogens is 482 g/mol. The number of urea groups is 1. The minimum atomic E-state index is -4.92. The number of pyridine rings is 1. The van der Waals surface area contributed by atoms with Crippen molar-refractivity contribution in [3.05, 3.63) is 100 Å². The van der Waals surface area contributed by atoms with Crippen molar-refractivity contribution in [1.82, 2.24) is 15.6 Å². The molecule has 3 aromatic rings. The van der Waals surface area contributed by atoms with Gasteiger partial charge in [0.1, 0.15) is 11.4 Å². The summed E-state index contributed by atoms with van der Waals surface area (Å²) in [6.07, 6.45) is -0.0930. The van der Waals surface area contributed by atoms with Crippen molar-refractivity contribution in [1.29, 1.82) is 0 Å². The minimum absolute atomic E-state index is 0.0429. The number of carbonyl (C=O) groups is 1. The molecule has 2 N–H and O–H groups in total. The van der Waals surface area contributed by atoms with Crippen molar-refractivity contribution >= 4 is 17.6 Å². The summed E-state index contributed by atoms with van der Waals surface area (Å²) in [6, 6.07) is 14.2. The van der Waals surface area contributed by atoms with E-state index in [2.05, 4.69) is 15.6 Å². The third-order valence-corrected chi connectivity index (χ3v) is 6.48. The van der Waals surface area contributed by atoms with Crippen molar-refractivity contribution in [2.24, 2.45) is 0 Å². The number of alkyl halides is 3. The van der Waals surface area contributed by atoms with Crippen molar-refractivity contribution in [2.45, 2.75) is 49.9 Å². The van der Waals surface area contributed by atoms with Gasteiger partial charge in [0.15, 0.2) is 0 Å². The molecule has 2 amide bonds. The number of carbonyl (C=O) groups excluding carboxylic acids is 1. The Hall–Kier alpha value is -3.13. The number of amides is 2. The Kier molecular flexibility index (Phi) is 7.31. The molecule has 0 bridgehead atoms. The minimum Gasteiger partial charge on any atom is -0.335 e.